The number of nitrogens with two attached hydrogens (primary N) is 2. The van der Waals surface area contributed by atoms with Gasteiger partial charge in [-0.3, -0.25) is 23.4 Å². The molecule has 198 valence electrons. The number of imidazole rings is 1. The van der Waals surface area contributed by atoms with Crippen LogP contribution in [0.5, 0.6) is 0 Å². The van der Waals surface area contributed by atoms with Crippen LogP contribution in [0.1, 0.15) is 6.23 Å². The van der Waals surface area contributed by atoms with Crippen molar-refractivity contribution >= 4 is 40.4 Å². The number of phosphoric ester groups is 1. The molecule has 7 atom stereocenters. The Balaban J connectivity index is 1.67. The number of ether oxygens (including phenoxy) is 1. The summed E-state index contributed by atoms with van der Waals surface area (Å²) in [6.07, 6.45) is -5.23. The number of hydrogen-bond acceptors (Lipinski definition) is 14. The van der Waals surface area contributed by atoms with Gasteiger partial charge in [0.05, 0.1) is 19.5 Å². The molecule has 1 aliphatic heterocycles. The van der Waals surface area contributed by atoms with E-state index in [2.05, 4.69) is 28.3 Å². The van der Waals surface area contributed by atoms with Gasteiger partial charge in [0.1, 0.15) is 18.3 Å². The Labute approximate surface area is 194 Å². The van der Waals surface area contributed by atoms with Crippen LogP contribution >= 0.6 is 23.3 Å². The molecule has 1 aliphatic rings. The second-order valence-corrected chi connectivity index (χ2v) is 11.9. The molecule has 0 saturated carbocycles. The molecule has 0 amide bonds. The van der Waals surface area contributed by atoms with Crippen LogP contribution in [0.4, 0.5) is 5.95 Å². The average molecular weight is 565 g/mol. The van der Waals surface area contributed by atoms with Crippen LogP contribution in [-0.2, 0) is 31.8 Å². The third-order valence-corrected chi connectivity index (χ3v) is 9.06. The van der Waals surface area contributed by atoms with E-state index < -0.39 is 66.6 Å². The Bertz CT molecular complexity index is 1270. The maximum atomic E-state index is 12.1. The van der Waals surface area contributed by atoms with Crippen LogP contribution in [0.2, 0.25) is 0 Å². The standard InChI is InChI=1S/C12H22N7O13P3/c13-1-2-29-33(23,24)18-34(25,26)32-35(27,28)30-3-5-7(20)8(21)11(31-5)19-4-15-6-9(19)16-12(14)17-10(6)22/h4-5,7-8,11,20-21H,1-3,13H2,(H,27,28)(H3,14,16,17,22)(H3,18,23,24,25,26). The van der Waals surface area contributed by atoms with Gasteiger partial charge >= 0.3 is 23.3 Å². The number of nitrogen functional groups attached to an aromatic ring is 1. The van der Waals surface area contributed by atoms with Crippen molar-refractivity contribution in [1.29, 1.82) is 0 Å². The third-order valence-electron chi connectivity index (χ3n) is 4.31. The molecule has 2 aromatic heterocycles. The smallest absolute Gasteiger partial charge is 0.387 e. The normalized spacial score (nSPS) is 27.9. The number of phosphoric acid groups is 1. The van der Waals surface area contributed by atoms with Gasteiger partial charge < -0.3 is 41.1 Å². The lowest BCUT2D eigenvalue weighted by atomic mass is 10.1. The molecule has 1 fully saturated rings. The van der Waals surface area contributed by atoms with Crippen molar-refractivity contribution in [1.82, 2.24) is 24.4 Å². The van der Waals surface area contributed by atoms with E-state index in [-0.39, 0.29) is 23.7 Å². The van der Waals surface area contributed by atoms with Gasteiger partial charge in [0, 0.05) is 6.54 Å². The number of rotatable bonds is 11. The number of aromatic amines is 1. The summed E-state index contributed by atoms with van der Waals surface area (Å²) in [4.78, 5) is 51.7. The summed E-state index contributed by atoms with van der Waals surface area (Å²) in [7, 11) is -15.8. The lowest BCUT2D eigenvalue weighted by Gasteiger charge is -2.21. The van der Waals surface area contributed by atoms with Crippen molar-refractivity contribution in [2.45, 2.75) is 24.5 Å². The Kier molecular flexibility index (Phi) is 8.32. The molecule has 0 aromatic carbocycles. The lowest BCUT2D eigenvalue weighted by molar-refractivity contribution is -0.0501. The summed E-state index contributed by atoms with van der Waals surface area (Å²) < 4.78 is 54.9. The number of fused-ring (bicyclic) bond motifs is 1. The molecule has 3 heterocycles. The molecule has 20 nitrogen and oxygen atoms in total. The van der Waals surface area contributed by atoms with E-state index in [4.69, 9.17) is 16.2 Å². The average Bonchev–Trinajstić information content (AvgIpc) is 3.25. The molecule has 2 aromatic rings. The minimum atomic E-state index is -5.44. The van der Waals surface area contributed by atoms with Gasteiger partial charge in [-0.25, -0.2) is 18.7 Å². The van der Waals surface area contributed by atoms with E-state index >= 15 is 0 Å². The van der Waals surface area contributed by atoms with E-state index in [1.165, 1.54) is 0 Å². The summed E-state index contributed by atoms with van der Waals surface area (Å²) in [5.74, 6) is -0.265. The van der Waals surface area contributed by atoms with E-state index in [1.807, 2.05) is 0 Å². The van der Waals surface area contributed by atoms with Gasteiger partial charge in [0.2, 0.25) is 5.95 Å². The molecule has 7 unspecified atom stereocenters. The predicted octanol–water partition coefficient (Wildman–Crippen LogP) is -2.78. The number of aliphatic hydroxyl groups excluding tert-OH is 2. The fraction of sp³-hybridized carbons (Fsp3) is 0.583. The monoisotopic (exact) mass is 565 g/mol. The molecule has 3 rings (SSSR count). The van der Waals surface area contributed by atoms with Crippen molar-refractivity contribution in [2.75, 3.05) is 25.5 Å². The Morgan fingerprint density at radius 1 is 1.17 bits per heavy atom. The second kappa shape index (κ2) is 10.4. The van der Waals surface area contributed by atoms with E-state index in [1.54, 1.807) is 0 Å². The summed E-state index contributed by atoms with van der Waals surface area (Å²) in [6.45, 7) is -1.67. The first-order valence-corrected chi connectivity index (χ1v) is 14.0. The first-order valence-electron chi connectivity index (χ1n) is 9.37. The van der Waals surface area contributed by atoms with Gasteiger partial charge in [-0.15, -0.1) is 4.86 Å². The molecule has 11 N–H and O–H groups in total. The SMILES string of the molecule is NCCOP(=O)(O)NP(=O)(O)OP(=O)(O)OCC1OC(n2cnc3c(=O)[nH]c(N)nc32)C(O)C1O. The number of aliphatic hydroxyl groups is 2. The number of aromatic nitrogens is 4. The van der Waals surface area contributed by atoms with Crippen LogP contribution in [0.25, 0.3) is 11.2 Å². The molecule has 1 saturated heterocycles. The summed E-state index contributed by atoms with van der Waals surface area (Å²) in [5, 5.41) is 20.6. The van der Waals surface area contributed by atoms with Crippen LogP contribution in [0.3, 0.4) is 0 Å². The first kappa shape index (κ1) is 28.0. The third kappa shape index (κ3) is 6.79. The fourth-order valence-electron chi connectivity index (χ4n) is 2.94. The van der Waals surface area contributed by atoms with Crippen LogP contribution in [-0.4, -0.2) is 82.5 Å². The minimum absolute atomic E-state index is 0.0992. The first-order chi connectivity index (χ1) is 16.1. The Morgan fingerprint density at radius 2 is 1.86 bits per heavy atom. The van der Waals surface area contributed by atoms with Gasteiger partial charge in [-0.1, -0.05) is 0 Å². The summed E-state index contributed by atoms with van der Waals surface area (Å²) in [5.41, 5.74) is 9.64. The molecular formula is C12H22N7O13P3. The molecule has 0 bridgehead atoms. The van der Waals surface area contributed by atoms with Gasteiger partial charge in [0.15, 0.2) is 17.4 Å². The molecule has 35 heavy (non-hydrogen) atoms. The van der Waals surface area contributed by atoms with Gasteiger partial charge in [-0.05, 0) is 0 Å². The highest BCUT2D eigenvalue weighted by molar-refractivity contribution is 7.71. The number of H-pyrrole nitrogens is 1. The van der Waals surface area contributed by atoms with E-state index in [0.717, 1.165) is 15.8 Å². The number of nitrogens with zero attached hydrogens (tertiary/aromatic N) is 3. The lowest BCUT2D eigenvalue weighted by Crippen LogP contribution is -2.33. The fourth-order valence-corrected chi connectivity index (χ4v) is 6.92. The zero-order chi connectivity index (χ0) is 26.2. The van der Waals surface area contributed by atoms with Crippen LogP contribution in [0, 0.1) is 0 Å². The van der Waals surface area contributed by atoms with E-state index in [0.29, 0.717) is 0 Å². The van der Waals surface area contributed by atoms with Crippen molar-refractivity contribution in [3.05, 3.63) is 16.7 Å². The maximum absolute atomic E-state index is 12.1. The van der Waals surface area contributed by atoms with Crippen molar-refractivity contribution in [3.8, 4) is 0 Å². The van der Waals surface area contributed by atoms with Crippen molar-refractivity contribution in [2.24, 2.45) is 5.73 Å². The van der Waals surface area contributed by atoms with Crippen molar-refractivity contribution in [3.63, 3.8) is 0 Å². The topological polar surface area (TPSA) is 317 Å². The molecule has 0 aliphatic carbocycles. The highest BCUT2D eigenvalue weighted by Gasteiger charge is 2.46. The minimum Gasteiger partial charge on any atom is -0.387 e. The second-order valence-electron chi connectivity index (χ2n) is 6.93. The largest absolute Gasteiger partial charge is 0.480 e. The molecular weight excluding hydrogens is 543 g/mol. The quantitative estimate of drug-likeness (QED) is 0.124. The number of hydrogen-bond donors (Lipinski definition) is 9. The van der Waals surface area contributed by atoms with Crippen molar-refractivity contribution < 1.29 is 56.7 Å². The Morgan fingerprint density at radius 3 is 2.51 bits per heavy atom. The highest BCUT2D eigenvalue weighted by Crippen LogP contribution is 2.62. The van der Waals surface area contributed by atoms with Gasteiger partial charge in [-0.2, -0.15) is 9.29 Å². The number of anilines is 1. The molecule has 0 radical (unpaired) electrons. The highest BCUT2D eigenvalue weighted by atomic mass is 31.3. The van der Waals surface area contributed by atoms with Crippen LogP contribution in [0.15, 0.2) is 11.1 Å². The summed E-state index contributed by atoms with van der Waals surface area (Å²) in [6, 6.07) is 0. The zero-order valence-corrected chi connectivity index (χ0v) is 20.0. The zero-order valence-electron chi connectivity index (χ0n) is 17.3. The van der Waals surface area contributed by atoms with E-state index in [9.17, 15) is 43.4 Å². The Hall–Kier alpha value is -1.60. The molecule has 0 spiro atoms. The summed E-state index contributed by atoms with van der Waals surface area (Å²) >= 11 is 0. The van der Waals surface area contributed by atoms with Gasteiger partial charge in [0.25, 0.3) is 5.56 Å². The molecule has 23 heteroatoms. The number of nitrogens with one attached hydrogen (secondary N) is 2. The predicted molar refractivity (Wildman–Crippen MR) is 113 cm³/mol. The van der Waals surface area contributed by atoms with Crippen LogP contribution < -0.4 is 21.9 Å². The maximum Gasteiger partial charge on any atom is 0.480 e.